The highest BCUT2D eigenvalue weighted by molar-refractivity contribution is 5.54. The van der Waals surface area contributed by atoms with Crippen molar-refractivity contribution in [1.82, 2.24) is 0 Å². The fourth-order valence-corrected chi connectivity index (χ4v) is 1.50. The molecule has 1 aliphatic rings. The van der Waals surface area contributed by atoms with E-state index in [0.29, 0.717) is 0 Å². The van der Waals surface area contributed by atoms with Crippen LogP contribution in [-0.4, -0.2) is 18.1 Å². The molecular formula is C10H14N2O2. The molecule has 0 aliphatic carbocycles. The topological polar surface area (TPSA) is 75.3 Å². The van der Waals surface area contributed by atoms with E-state index in [1.807, 2.05) is 12.1 Å². The normalized spacial score (nSPS) is 18.2. The summed E-state index contributed by atoms with van der Waals surface area (Å²) in [6, 6.07) is 8.46. The molecule has 14 heavy (non-hydrogen) atoms. The first-order valence-corrected chi connectivity index (χ1v) is 4.46. The van der Waals surface area contributed by atoms with Gasteiger partial charge in [-0.15, -0.1) is 0 Å². The third-order valence-electron chi connectivity index (χ3n) is 2.13. The molecule has 1 atom stereocenters. The molecule has 0 spiro atoms. The van der Waals surface area contributed by atoms with Crippen molar-refractivity contribution in [2.24, 2.45) is 5.73 Å². The molecule has 4 heteroatoms. The van der Waals surface area contributed by atoms with Crippen molar-refractivity contribution in [2.75, 3.05) is 11.9 Å². The minimum atomic E-state index is -0.250. The van der Waals surface area contributed by atoms with Crippen molar-refractivity contribution in [2.45, 2.75) is 12.5 Å². The van der Waals surface area contributed by atoms with Crippen LogP contribution in [-0.2, 0) is 4.79 Å². The molecule has 0 amide bonds. The summed E-state index contributed by atoms with van der Waals surface area (Å²) in [6.07, 6.45) is 1.04. The van der Waals surface area contributed by atoms with Crippen LogP contribution in [0.5, 0.6) is 0 Å². The number of anilines is 1. The van der Waals surface area contributed by atoms with Gasteiger partial charge in [0.25, 0.3) is 6.47 Å². The number of carbonyl (C=O) groups is 1. The molecule has 0 saturated heterocycles. The molecule has 4 N–H and O–H groups in total. The highest BCUT2D eigenvalue weighted by Crippen LogP contribution is 2.26. The van der Waals surface area contributed by atoms with Crippen LogP contribution in [0.25, 0.3) is 0 Å². The van der Waals surface area contributed by atoms with Gasteiger partial charge >= 0.3 is 0 Å². The Bertz CT molecular complexity index is 302. The smallest absolute Gasteiger partial charge is 0.290 e. The maximum absolute atomic E-state index is 8.36. The van der Waals surface area contributed by atoms with Gasteiger partial charge in [-0.05, 0) is 18.1 Å². The molecule has 76 valence electrons. The summed E-state index contributed by atoms with van der Waals surface area (Å²) in [5, 5.41) is 10.2. The lowest BCUT2D eigenvalue weighted by Crippen LogP contribution is -2.22. The van der Waals surface area contributed by atoms with E-state index in [4.69, 9.17) is 15.6 Å². The van der Waals surface area contributed by atoms with Crippen molar-refractivity contribution < 1.29 is 9.90 Å². The fraction of sp³-hybridized carbons (Fsp3) is 0.300. The number of hydrogen-bond acceptors (Lipinski definition) is 3. The van der Waals surface area contributed by atoms with Gasteiger partial charge < -0.3 is 16.2 Å². The summed E-state index contributed by atoms with van der Waals surface area (Å²) in [5.41, 5.74) is 8.36. The lowest BCUT2D eigenvalue weighted by Gasteiger charge is -2.23. The van der Waals surface area contributed by atoms with E-state index in [1.54, 1.807) is 0 Å². The largest absolute Gasteiger partial charge is 0.483 e. The second-order valence-corrected chi connectivity index (χ2v) is 3.01. The van der Waals surface area contributed by atoms with Gasteiger partial charge in [-0.25, -0.2) is 0 Å². The van der Waals surface area contributed by atoms with Crippen LogP contribution in [0.4, 0.5) is 5.69 Å². The summed E-state index contributed by atoms with van der Waals surface area (Å²) >= 11 is 0. The van der Waals surface area contributed by atoms with Crippen LogP contribution < -0.4 is 11.1 Å². The summed E-state index contributed by atoms with van der Waals surface area (Å²) in [4.78, 5) is 8.36. The molecule has 1 aromatic rings. The minimum Gasteiger partial charge on any atom is -0.483 e. The third-order valence-corrected chi connectivity index (χ3v) is 2.13. The first-order valence-electron chi connectivity index (χ1n) is 4.46. The summed E-state index contributed by atoms with van der Waals surface area (Å²) < 4.78 is 0. The summed E-state index contributed by atoms with van der Waals surface area (Å²) in [5.74, 6) is 0. The average molecular weight is 194 g/mol. The molecule has 4 nitrogen and oxygen atoms in total. The molecule has 1 heterocycles. The van der Waals surface area contributed by atoms with E-state index in [-0.39, 0.29) is 12.5 Å². The third kappa shape index (κ3) is 2.47. The Kier molecular flexibility index (Phi) is 3.94. The molecule has 1 aromatic carbocycles. The van der Waals surface area contributed by atoms with E-state index < -0.39 is 0 Å². The maximum atomic E-state index is 8.36. The van der Waals surface area contributed by atoms with Gasteiger partial charge in [-0.3, -0.25) is 4.79 Å². The Morgan fingerprint density at radius 2 is 2.14 bits per heavy atom. The van der Waals surface area contributed by atoms with E-state index in [9.17, 15) is 0 Å². The Morgan fingerprint density at radius 3 is 2.79 bits per heavy atom. The highest BCUT2D eigenvalue weighted by Gasteiger charge is 2.14. The van der Waals surface area contributed by atoms with Crippen LogP contribution in [0.15, 0.2) is 24.3 Å². The molecule has 0 bridgehead atoms. The molecule has 0 aromatic heterocycles. The van der Waals surface area contributed by atoms with Crippen molar-refractivity contribution in [3.63, 3.8) is 0 Å². The van der Waals surface area contributed by atoms with Crippen molar-refractivity contribution in [3.8, 4) is 0 Å². The van der Waals surface area contributed by atoms with Gasteiger partial charge in [0.2, 0.25) is 0 Å². The van der Waals surface area contributed by atoms with Crippen LogP contribution in [0.1, 0.15) is 18.0 Å². The first kappa shape index (κ1) is 10.5. The van der Waals surface area contributed by atoms with Crippen molar-refractivity contribution in [3.05, 3.63) is 29.8 Å². The molecule has 0 radical (unpaired) electrons. The zero-order chi connectivity index (χ0) is 10.4. The van der Waals surface area contributed by atoms with Crippen LogP contribution in [0.2, 0.25) is 0 Å². The van der Waals surface area contributed by atoms with Gasteiger partial charge in [0.15, 0.2) is 0 Å². The van der Waals surface area contributed by atoms with Gasteiger partial charge in [0.1, 0.15) is 0 Å². The summed E-state index contributed by atoms with van der Waals surface area (Å²) in [6.45, 7) is 0.748. The van der Waals surface area contributed by atoms with Crippen LogP contribution in [0, 0.1) is 0 Å². The van der Waals surface area contributed by atoms with E-state index in [1.165, 1.54) is 11.3 Å². The first-order chi connectivity index (χ1) is 6.79. The SMILES string of the molecule is NC1CCNc2ccccc21.O=CO. The second kappa shape index (κ2) is 5.24. The predicted molar refractivity (Wildman–Crippen MR) is 55.2 cm³/mol. The number of hydrogen-bond donors (Lipinski definition) is 3. The van der Waals surface area contributed by atoms with E-state index in [2.05, 4.69) is 17.4 Å². The number of benzene rings is 1. The van der Waals surface area contributed by atoms with Gasteiger partial charge in [0, 0.05) is 18.3 Å². The number of para-hydroxylation sites is 1. The van der Waals surface area contributed by atoms with E-state index in [0.717, 1.165) is 13.0 Å². The van der Waals surface area contributed by atoms with Crippen molar-refractivity contribution >= 4 is 12.2 Å². The van der Waals surface area contributed by atoms with E-state index >= 15 is 0 Å². The monoisotopic (exact) mass is 194 g/mol. The minimum absolute atomic E-state index is 0.229. The van der Waals surface area contributed by atoms with Gasteiger partial charge in [0.05, 0.1) is 0 Å². The Balaban J connectivity index is 0.000000293. The number of rotatable bonds is 0. The van der Waals surface area contributed by atoms with Crippen LogP contribution >= 0.6 is 0 Å². The Hall–Kier alpha value is -1.55. The Morgan fingerprint density at radius 1 is 1.50 bits per heavy atom. The van der Waals surface area contributed by atoms with Crippen LogP contribution in [0.3, 0.4) is 0 Å². The molecule has 0 saturated carbocycles. The van der Waals surface area contributed by atoms with Gasteiger partial charge in [-0.1, -0.05) is 18.2 Å². The molecule has 2 rings (SSSR count). The standard InChI is InChI=1S/C9H12N2.CH2O2/c10-8-5-6-11-9-4-2-1-3-7(8)9;2-1-3/h1-4,8,11H,5-6,10H2;1H,(H,2,3). The van der Waals surface area contributed by atoms with Gasteiger partial charge in [-0.2, -0.15) is 0 Å². The molecule has 0 fully saturated rings. The quantitative estimate of drug-likeness (QED) is 0.542. The zero-order valence-electron chi connectivity index (χ0n) is 7.81. The lowest BCUT2D eigenvalue weighted by molar-refractivity contribution is -0.122. The fourth-order valence-electron chi connectivity index (χ4n) is 1.50. The average Bonchev–Trinajstić information content (AvgIpc) is 2.20. The molecule has 1 unspecified atom stereocenters. The Labute approximate surface area is 82.7 Å². The predicted octanol–water partition coefficient (Wildman–Crippen LogP) is 1.20. The number of carboxylic acid groups (broad SMARTS) is 1. The molecular weight excluding hydrogens is 180 g/mol. The number of nitrogens with one attached hydrogen (secondary N) is 1. The number of nitrogens with two attached hydrogens (primary N) is 1. The second-order valence-electron chi connectivity index (χ2n) is 3.01. The van der Waals surface area contributed by atoms with Crippen molar-refractivity contribution in [1.29, 1.82) is 0 Å². The summed E-state index contributed by atoms with van der Waals surface area (Å²) in [7, 11) is 0. The number of fused-ring (bicyclic) bond motifs is 1. The highest BCUT2D eigenvalue weighted by atomic mass is 16.3. The maximum Gasteiger partial charge on any atom is 0.290 e. The molecule has 1 aliphatic heterocycles. The lowest BCUT2D eigenvalue weighted by atomic mass is 9.99. The zero-order valence-corrected chi connectivity index (χ0v) is 7.81.